The van der Waals surface area contributed by atoms with Crippen molar-refractivity contribution in [1.29, 1.82) is 0 Å². The van der Waals surface area contributed by atoms with E-state index in [0.29, 0.717) is 27.8 Å². The molecule has 0 aliphatic carbocycles. The van der Waals surface area contributed by atoms with Gasteiger partial charge in [-0.15, -0.1) is 0 Å². The zero-order chi connectivity index (χ0) is 20.5. The highest BCUT2D eigenvalue weighted by atomic mass is 35.5. The van der Waals surface area contributed by atoms with Gasteiger partial charge in [-0.3, -0.25) is 25.1 Å². The van der Waals surface area contributed by atoms with Gasteiger partial charge in [-0.25, -0.2) is 5.01 Å². The largest absolute Gasteiger partial charge is 0.457 e. The van der Waals surface area contributed by atoms with Gasteiger partial charge in [0.2, 0.25) is 0 Å². The summed E-state index contributed by atoms with van der Waals surface area (Å²) in [7, 11) is 0. The Balaban J connectivity index is 1.58. The van der Waals surface area contributed by atoms with Gasteiger partial charge < -0.3 is 4.42 Å². The van der Waals surface area contributed by atoms with E-state index in [2.05, 4.69) is 5.43 Å². The normalized spacial score (nSPS) is 15.1. The van der Waals surface area contributed by atoms with Gasteiger partial charge >= 0.3 is 0 Å². The predicted octanol–water partition coefficient (Wildman–Crippen LogP) is 3.97. The number of halogens is 1. The fourth-order valence-electron chi connectivity index (χ4n) is 2.80. The monoisotopic (exact) mass is 409 g/mol. The molecule has 9 heteroatoms. The van der Waals surface area contributed by atoms with Crippen LogP contribution in [0.2, 0.25) is 5.02 Å². The third-order valence-corrected chi connectivity index (χ3v) is 4.50. The van der Waals surface area contributed by atoms with Crippen molar-refractivity contribution in [2.45, 2.75) is 0 Å². The number of furan rings is 1. The lowest BCUT2D eigenvalue weighted by molar-refractivity contribution is -0.384. The molecule has 1 aliphatic heterocycles. The summed E-state index contributed by atoms with van der Waals surface area (Å²) in [5, 5.41) is 12.4. The van der Waals surface area contributed by atoms with Gasteiger partial charge in [-0.05, 0) is 54.6 Å². The second-order valence-corrected chi connectivity index (χ2v) is 6.56. The van der Waals surface area contributed by atoms with E-state index in [1.54, 1.807) is 48.5 Å². The summed E-state index contributed by atoms with van der Waals surface area (Å²) in [6, 6.07) is 15.6. The molecule has 29 heavy (non-hydrogen) atoms. The highest BCUT2D eigenvalue weighted by Crippen LogP contribution is 2.27. The summed E-state index contributed by atoms with van der Waals surface area (Å²) >= 11 is 5.85. The Bertz CT molecular complexity index is 1150. The number of hydrogen-bond donors (Lipinski definition) is 1. The van der Waals surface area contributed by atoms with Gasteiger partial charge in [-0.1, -0.05) is 11.6 Å². The van der Waals surface area contributed by atoms with Gasteiger partial charge in [0.15, 0.2) is 0 Å². The fourth-order valence-corrected chi connectivity index (χ4v) is 2.93. The summed E-state index contributed by atoms with van der Waals surface area (Å²) < 4.78 is 5.67. The SMILES string of the molecule is O=C1NN(c2ccc(Cl)cc2)C(=O)/C1=C/c1ccc(-c2ccc([N+](=O)[O-])cc2)o1. The molecule has 1 saturated heterocycles. The second-order valence-electron chi connectivity index (χ2n) is 6.12. The van der Waals surface area contributed by atoms with Gasteiger partial charge in [0.1, 0.15) is 17.1 Å². The molecular weight excluding hydrogens is 398 g/mol. The molecule has 0 atom stereocenters. The minimum atomic E-state index is -0.557. The lowest BCUT2D eigenvalue weighted by Gasteiger charge is -2.14. The van der Waals surface area contributed by atoms with Crippen LogP contribution in [0, 0.1) is 10.1 Å². The number of carbonyl (C=O) groups excluding carboxylic acids is 2. The van der Waals surface area contributed by atoms with Crippen molar-refractivity contribution in [3.8, 4) is 11.3 Å². The van der Waals surface area contributed by atoms with Crippen LogP contribution in [0.4, 0.5) is 11.4 Å². The maximum atomic E-state index is 12.6. The van der Waals surface area contributed by atoms with E-state index in [1.165, 1.54) is 18.2 Å². The van der Waals surface area contributed by atoms with Gasteiger partial charge in [0.25, 0.3) is 17.5 Å². The Labute approximate surface area is 169 Å². The topological polar surface area (TPSA) is 106 Å². The maximum Gasteiger partial charge on any atom is 0.282 e. The number of benzene rings is 2. The fraction of sp³-hybridized carbons (Fsp3) is 0. The highest BCUT2D eigenvalue weighted by molar-refractivity contribution is 6.32. The van der Waals surface area contributed by atoms with E-state index < -0.39 is 16.7 Å². The molecule has 0 radical (unpaired) electrons. The smallest absolute Gasteiger partial charge is 0.282 e. The molecule has 144 valence electrons. The average Bonchev–Trinajstić information content (AvgIpc) is 3.29. The number of hydrogen-bond acceptors (Lipinski definition) is 5. The Morgan fingerprint density at radius 3 is 2.34 bits per heavy atom. The molecule has 0 spiro atoms. The number of rotatable bonds is 4. The number of nitro benzene ring substituents is 1. The number of amides is 2. The first-order valence-corrected chi connectivity index (χ1v) is 8.77. The van der Waals surface area contributed by atoms with E-state index in [9.17, 15) is 19.7 Å². The number of nitro groups is 1. The molecule has 3 aromatic rings. The van der Waals surface area contributed by atoms with Crippen molar-refractivity contribution < 1.29 is 18.9 Å². The average molecular weight is 410 g/mol. The van der Waals surface area contributed by atoms with E-state index in [4.69, 9.17) is 16.0 Å². The Kier molecular flexibility index (Phi) is 4.61. The van der Waals surface area contributed by atoms with Crippen molar-refractivity contribution in [2.75, 3.05) is 5.01 Å². The maximum absolute atomic E-state index is 12.6. The summed E-state index contributed by atoms with van der Waals surface area (Å²) in [4.78, 5) is 35.1. The number of nitrogens with zero attached hydrogens (tertiary/aromatic N) is 2. The molecule has 1 aromatic heterocycles. The molecule has 4 rings (SSSR count). The summed E-state index contributed by atoms with van der Waals surface area (Å²) in [6.45, 7) is 0. The minimum Gasteiger partial charge on any atom is -0.457 e. The molecule has 0 bridgehead atoms. The molecule has 2 amide bonds. The third-order valence-electron chi connectivity index (χ3n) is 4.25. The van der Waals surface area contributed by atoms with E-state index in [1.807, 2.05) is 0 Å². The lowest BCUT2D eigenvalue weighted by atomic mass is 10.1. The zero-order valence-electron chi connectivity index (χ0n) is 14.7. The third kappa shape index (κ3) is 3.61. The molecule has 2 heterocycles. The molecule has 1 N–H and O–H groups in total. The van der Waals surface area contributed by atoms with Gasteiger partial charge in [-0.2, -0.15) is 0 Å². The molecule has 2 aromatic carbocycles. The van der Waals surface area contributed by atoms with E-state index >= 15 is 0 Å². The first-order valence-electron chi connectivity index (χ1n) is 8.40. The molecular formula is C20H12ClN3O5. The quantitative estimate of drug-likeness (QED) is 0.304. The number of anilines is 1. The van der Waals surface area contributed by atoms with E-state index in [-0.39, 0.29) is 11.3 Å². The number of non-ortho nitro benzene ring substituents is 1. The Hall–Kier alpha value is -3.91. The van der Waals surface area contributed by atoms with Crippen LogP contribution < -0.4 is 10.4 Å². The van der Waals surface area contributed by atoms with Crippen LogP contribution in [0.5, 0.6) is 0 Å². The Morgan fingerprint density at radius 1 is 1.00 bits per heavy atom. The van der Waals surface area contributed by atoms with E-state index in [0.717, 1.165) is 5.01 Å². The summed E-state index contributed by atoms with van der Waals surface area (Å²) in [5.74, 6) is -0.328. The molecule has 1 fully saturated rings. The first kappa shape index (κ1) is 18.5. The number of carbonyl (C=O) groups is 2. The predicted molar refractivity (Wildman–Crippen MR) is 106 cm³/mol. The standard InChI is InChI=1S/C20H12ClN3O5/c21-13-3-7-14(8-4-13)23-20(26)17(19(25)22-23)11-16-9-10-18(29-16)12-1-5-15(6-2-12)24(27)28/h1-11H,(H,22,25)/b17-11+. The van der Waals surface area contributed by atoms with Crippen molar-refractivity contribution in [3.63, 3.8) is 0 Å². The first-order chi connectivity index (χ1) is 13.9. The molecule has 0 unspecified atom stereocenters. The van der Waals surface area contributed by atoms with Crippen molar-refractivity contribution >= 4 is 40.9 Å². The van der Waals surface area contributed by atoms with Crippen LogP contribution in [0.15, 0.2) is 70.7 Å². The summed E-state index contributed by atoms with van der Waals surface area (Å²) in [6.07, 6.45) is 1.35. The van der Waals surface area contributed by atoms with Gasteiger partial charge in [0, 0.05) is 22.7 Å². The minimum absolute atomic E-state index is 0.0295. The molecule has 1 aliphatic rings. The number of nitrogens with one attached hydrogen (secondary N) is 1. The van der Waals surface area contributed by atoms with Crippen LogP contribution >= 0.6 is 11.6 Å². The molecule has 8 nitrogen and oxygen atoms in total. The number of hydrazine groups is 1. The Morgan fingerprint density at radius 2 is 1.69 bits per heavy atom. The van der Waals surface area contributed by atoms with Crippen LogP contribution in [0.3, 0.4) is 0 Å². The highest BCUT2D eigenvalue weighted by Gasteiger charge is 2.34. The van der Waals surface area contributed by atoms with Crippen LogP contribution in [0.25, 0.3) is 17.4 Å². The van der Waals surface area contributed by atoms with Crippen LogP contribution in [-0.2, 0) is 9.59 Å². The summed E-state index contributed by atoms with van der Waals surface area (Å²) in [5.41, 5.74) is 3.49. The van der Waals surface area contributed by atoms with Gasteiger partial charge in [0.05, 0.1) is 10.6 Å². The lowest BCUT2D eigenvalue weighted by Crippen LogP contribution is -2.35. The zero-order valence-corrected chi connectivity index (χ0v) is 15.4. The van der Waals surface area contributed by atoms with Crippen LogP contribution in [-0.4, -0.2) is 16.7 Å². The molecule has 0 saturated carbocycles. The second kappa shape index (κ2) is 7.25. The van der Waals surface area contributed by atoms with Crippen molar-refractivity contribution in [3.05, 3.63) is 87.1 Å². The van der Waals surface area contributed by atoms with Crippen LogP contribution in [0.1, 0.15) is 5.76 Å². The van der Waals surface area contributed by atoms with Crippen molar-refractivity contribution in [2.24, 2.45) is 0 Å². The van der Waals surface area contributed by atoms with Crippen molar-refractivity contribution in [1.82, 2.24) is 5.43 Å².